The Morgan fingerprint density at radius 2 is 2.00 bits per heavy atom. The molecule has 0 spiro atoms. The highest BCUT2D eigenvalue weighted by Crippen LogP contribution is 2.29. The minimum Gasteiger partial charge on any atom is -0.486 e. The Labute approximate surface area is 157 Å². The van der Waals surface area contributed by atoms with E-state index in [-0.39, 0.29) is 24.1 Å². The van der Waals surface area contributed by atoms with Crippen LogP contribution in [0.25, 0.3) is 0 Å². The minimum atomic E-state index is -3.77. The van der Waals surface area contributed by atoms with Gasteiger partial charge >= 0.3 is 5.97 Å². The minimum absolute atomic E-state index is 0.0107. The quantitative estimate of drug-likeness (QED) is 0.784. The molecule has 1 saturated heterocycles. The number of sulfonamides is 1. The summed E-state index contributed by atoms with van der Waals surface area (Å²) in [5, 5.41) is 13.2. The van der Waals surface area contributed by atoms with Crippen LogP contribution in [-0.2, 0) is 28.5 Å². The Morgan fingerprint density at radius 3 is 2.59 bits per heavy atom. The standard InChI is InChI=1S/C17H22N4O5S/c1-12-3-4-13(17(22)23)9-21(12)27(24,25)15-7-5-14(6-8-15)26-10-16-18-11-19-20(16)2/h5-8,11-13H,3-4,9-10H2,1-2H3,(H,22,23). The molecule has 146 valence electrons. The summed E-state index contributed by atoms with van der Waals surface area (Å²) in [6, 6.07) is 5.85. The van der Waals surface area contributed by atoms with Gasteiger partial charge in [0, 0.05) is 19.6 Å². The molecule has 1 aliphatic heterocycles. The molecule has 2 heterocycles. The third kappa shape index (κ3) is 4.11. The Kier molecular flexibility index (Phi) is 5.47. The van der Waals surface area contributed by atoms with E-state index >= 15 is 0 Å². The Bertz CT molecular complexity index is 910. The van der Waals surface area contributed by atoms with Crippen molar-refractivity contribution in [2.75, 3.05) is 6.54 Å². The zero-order valence-corrected chi connectivity index (χ0v) is 16.0. The summed E-state index contributed by atoms with van der Waals surface area (Å²) >= 11 is 0. The molecule has 3 rings (SSSR count). The first-order valence-corrected chi connectivity index (χ1v) is 10.0. The fourth-order valence-electron chi connectivity index (χ4n) is 3.05. The molecule has 9 nitrogen and oxygen atoms in total. The highest BCUT2D eigenvalue weighted by atomic mass is 32.2. The van der Waals surface area contributed by atoms with Crippen LogP contribution >= 0.6 is 0 Å². The van der Waals surface area contributed by atoms with Crippen LogP contribution in [0.3, 0.4) is 0 Å². The molecule has 1 aliphatic rings. The van der Waals surface area contributed by atoms with Crippen LogP contribution in [0.15, 0.2) is 35.5 Å². The zero-order chi connectivity index (χ0) is 19.6. The molecule has 0 amide bonds. The summed E-state index contributed by atoms with van der Waals surface area (Å²) in [6.07, 6.45) is 2.44. The lowest BCUT2D eigenvalue weighted by Crippen LogP contribution is -2.47. The predicted octanol–water partition coefficient (Wildman–Crippen LogP) is 1.27. The summed E-state index contributed by atoms with van der Waals surface area (Å²) < 4.78 is 34.4. The molecule has 10 heteroatoms. The summed E-state index contributed by atoms with van der Waals surface area (Å²) in [5.74, 6) is -0.486. The second-order valence-corrected chi connectivity index (χ2v) is 8.49. The van der Waals surface area contributed by atoms with Crippen LogP contribution in [0.5, 0.6) is 5.75 Å². The molecule has 1 aromatic heterocycles. The number of piperidine rings is 1. The number of aromatic nitrogens is 3. The van der Waals surface area contributed by atoms with Crippen LogP contribution in [-0.4, -0.2) is 51.1 Å². The van der Waals surface area contributed by atoms with Gasteiger partial charge in [0.05, 0.1) is 10.8 Å². The van der Waals surface area contributed by atoms with Gasteiger partial charge in [-0.1, -0.05) is 0 Å². The largest absolute Gasteiger partial charge is 0.486 e. The number of nitrogens with zero attached hydrogens (tertiary/aromatic N) is 4. The first-order valence-electron chi connectivity index (χ1n) is 8.59. The first-order chi connectivity index (χ1) is 12.8. The van der Waals surface area contributed by atoms with Crippen LogP contribution in [0, 0.1) is 5.92 Å². The van der Waals surface area contributed by atoms with Gasteiger partial charge in [0.25, 0.3) is 0 Å². The molecule has 2 atom stereocenters. The second-order valence-electron chi connectivity index (χ2n) is 6.60. The third-order valence-corrected chi connectivity index (χ3v) is 6.77. The van der Waals surface area contributed by atoms with Gasteiger partial charge < -0.3 is 9.84 Å². The van der Waals surface area contributed by atoms with Crippen molar-refractivity contribution in [3.05, 3.63) is 36.4 Å². The first kappa shape index (κ1) is 19.3. The summed E-state index contributed by atoms with van der Waals surface area (Å²) in [7, 11) is -2.02. The maximum Gasteiger partial charge on any atom is 0.307 e. The summed E-state index contributed by atoms with van der Waals surface area (Å²) in [5.41, 5.74) is 0. The molecule has 0 radical (unpaired) electrons. The fourth-order valence-corrected chi connectivity index (χ4v) is 4.76. The van der Waals surface area contributed by atoms with Gasteiger partial charge in [0.2, 0.25) is 10.0 Å². The number of aliphatic carboxylic acids is 1. The number of carboxylic acid groups (broad SMARTS) is 1. The average Bonchev–Trinajstić information content (AvgIpc) is 3.05. The van der Waals surface area contributed by atoms with E-state index in [4.69, 9.17) is 4.74 Å². The molecule has 0 aliphatic carbocycles. The van der Waals surface area contributed by atoms with Crippen molar-refractivity contribution in [2.45, 2.75) is 37.3 Å². The maximum absolute atomic E-state index is 12.9. The lowest BCUT2D eigenvalue weighted by atomic mass is 9.96. The highest BCUT2D eigenvalue weighted by Gasteiger charge is 2.37. The van der Waals surface area contributed by atoms with E-state index in [2.05, 4.69) is 10.1 Å². The van der Waals surface area contributed by atoms with Crippen LogP contribution in [0.1, 0.15) is 25.6 Å². The molecule has 1 N–H and O–H groups in total. The highest BCUT2D eigenvalue weighted by molar-refractivity contribution is 7.89. The number of carboxylic acids is 1. The van der Waals surface area contributed by atoms with E-state index in [1.54, 1.807) is 30.8 Å². The van der Waals surface area contributed by atoms with Gasteiger partial charge in [-0.3, -0.25) is 9.48 Å². The van der Waals surface area contributed by atoms with Crippen LogP contribution in [0.4, 0.5) is 0 Å². The Hall–Kier alpha value is -2.46. The summed E-state index contributed by atoms with van der Waals surface area (Å²) in [6.45, 7) is 2.00. The lowest BCUT2D eigenvalue weighted by Gasteiger charge is -2.35. The van der Waals surface area contributed by atoms with Gasteiger partial charge in [0.1, 0.15) is 18.7 Å². The van der Waals surface area contributed by atoms with Gasteiger partial charge in [-0.05, 0) is 44.0 Å². The van der Waals surface area contributed by atoms with Gasteiger partial charge in [0.15, 0.2) is 5.82 Å². The Morgan fingerprint density at radius 1 is 1.30 bits per heavy atom. The van der Waals surface area contributed by atoms with Gasteiger partial charge in [-0.15, -0.1) is 0 Å². The SMILES string of the molecule is CC1CCC(C(=O)O)CN1S(=O)(=O)c1ccc(OCc2ncnn2C)cc1. The topological polar surface area (TPSA) is 115 Å². The average molecular weight is 394 g/mol. The normalized spacial score (nSPS) is 21.1. The van der Waals surface area contributed by atoms with E-state index in [9.17, 15) is 18.3 Å². The molecule has 27 heavy (non-hydrogen) atoms. The molecule has 1 aromatic carbocycles. The number of aryl methyl sites for hydroxylation is 1. The molecule has 0 bridgehead atoms. The lowest BCUT2D eigenvalue weighted by molar-refractivity contribution is -0.143. The van der Waals surface area contributed by atoms with Crippen LogP contribution < -0.4 is 4.74 Å². The van der Waals surface area contributed by atoms with Crippen LogP contribution in [0.2, 0.25) is 0 Å². The number of benzene rings is 1. The molecule has 0 saturated carbocycles. The van der Waals surface area contributed by atoms with Crippen molar-refractivity contribution in [1.82, 2.24) is 19.1 Å². The van der Waals surface area contributed by atoms with Crippen molar-refractivity contribution in [2.24, 2.45) is 13.0 Å². The van der Waals surface area contributed by atoms with Gasteiger partial charge in [-0.25, -0.2) is 13.4 Å². The van der Waals surface area contributed by atoms with Crippen molar-refractivity contribution < 1.29 is 23.1 Å². The predicted molar refractivity (Wildman–Crippen MR) is 95.5 cm³/mol. The fraction of sp³-hybridized carbons (Fsp3) is 0.471. The molecule has 2 unspecified atom stereocenters. The maximum atomic E-state index is 12.9. The van der Waals surface area contributed by atoms with E-state index < -0.39 is 21.9 Å². The smallest absolute Gasteiger partial charge is 0.307 e. The second kappa shape index (κ2) is 7.65. The van der Waals surface area contributed by atoms with Crippen molar-refractivity contribution in [1.29, 1.82) is 0 Å². The van der Waals surface area contributed by atoms with Crippen molar-refractivity contribution in [3.63, 3.8) is 0 Å². The molecule has 1 fully saturated rings. The van der Waals surface area contributed by atoms with E-state index in [0.29, 0.717) is 24.4 Å². The van der Waals surface area contributed by atoms with Crippen molar-refractivity contribution in [3.8, 4) is 5.75 Å². The monoisotopic (exact) mass is 394 g/mol. The number of carbonyl (C=O) groups is 1. The molecular weight excluding hydrogens is 372 g/mol. The van der Waals surface area contributed by atoms with E-state index in [1.807, 2.05) is 0 Å². The summed E-state index contributed by atoms with van der Waals surface area (Å²) in [4.78, 5) is 15.4. The van der Waals surface area contributed by atoms with E-state index in [0.717, 1.165) is 0 Å². The zero-order valence-electron chi connectivity index (χ0n) is 15.1. The van der Waals surface area contributed by atoms with Crippen molar-refractivity contribution >= 4 is 16.0 Å². The number of rotatable bonds is 6. The molecular formula is C17H22N4O5S. The number of hydrogen-bond acceptors (Lipinski definition) is 6. The number of hydrogen-bond donors (Lipinski definition) is 1. The van der Waals surface area contributed by atoms with Gasteiger partial charge in [-0.2, -0.15) is 9.40 Å². The third-order valence-electron chi connectivity index (χ3n) is 4.78. The van der Waals surface area contributed by atoms with E-state index in [1.165, 1.54) is 22.8 Å². The Balaban J connectivity index is 1.72. The number of ether oxygens (including phenoxy) is 1. The molecule has 2 aromatic rings.